The highest BCUT2D eigenvalue weighted by Gasteiger charge is 2.07. The molecule has 1 aromatic rings. The van der Waals surface area contributed by atoms with Crippen LogP contribution in [0.4, 0.5) is 0 Å². The maximum absolute atomic E-state index is 11.4. The van der Waals surface area contributed by atoms with E-state index in [1.165, 1.54) is 0 Å². The Labute approximate surface area is 109 Å². The molecule has 0 spiro atoms. The Balaban J connectivity index is 2.26. The molecule has 0 unspecified atom stereocenters. The molecule has 0 bridgehead atoms. The number of sulfonamides is 1. The zero-order valence-corrected chi connectivity index (χ0v) is 11.6. The summed E-state index contributed by atoms with van der Waals surface area (Å²) in [5.74, 6) is 0.831. The quantitative estimate of drug-likeness (QED) is 0.677. The lowest BCUT2D eigenvalue weighted by Crippen LogP contribution is -2.33. The maximum atomic E-state index is 11.4. The average Bonchev–Trinajstić information content (AvgIpc) is 2.32. The highest BCUT2D eigenvalue weighted by atomic mass is 32.2. The standard InChI is InChI=1S/C12H20N2O3S/c1-11-4-3-5-12(10-11)17-8-6-14-18(15,16)9-7-13-2/h3-5,10,13-14H,6-9H2,1-2H3. The highest BCUT2D eigenvalue weighted by Crippen LogP contribution is 2.11. The number of nitrogens with one attached hydrogen (secondary N) is 2. The first-order valence-corrected chi connectivity index (χ1v) is 7.50. The molecule has 18 heavy (non-hydrogen) atoms. The van der Waals surface area contributed by atoms with Gasteiger partial charge in [-0.2, -0.15) is 0 Å². The Hall–Kier alpha value is -1.11. The van der Waals surface area contributed by atoms with Crippen molar-refractivity contribution < 1.29 is 13.2 Å². The lowest BCUT2D eigenvalue weighted by molar-refractivity contribution is 0.322. The molecule has 0 saturated carbocycles. The van der Waals surface area contributed by atoms with Gasteiger partial charge in [0.2, 0.25) is 10.0 Å². The molecular weight excluding hydrogens is 252 g/mol. The van der Waals surface area contributed by atoms with Crippen molar-refractivity contribution in [1.82, 2.24) is 10.0 Å². The Kier molecular flexibility index (Phi) is 6.11. The topological polar surface area (TPSA) is 67.4 Å². The minimum atomic E-state index is -3.20. The predicted molar refractivity (Wildman–Crippen MR) is 72.4 cm³/mol. The van der Waals surface area contributed by atoms with Crippen LogP contribution in [0.2, 0.25) is 0 Å². The van der Waals surface area contributed by atoms with E-state index in [0.717, 1.165) is 11.3 Å². The fraction of sp³-hybridized carbons (Fsp3) is 0.500. The van der Waals surface area contributed by atoms with Crippen molar-refractivity contribution in [2.24, 2.45) is 0 Å². The summed E-state index contributed by atoms with van der Waals surface area (Å²) in [5, 5.41) is 2.80. The number of hydrogen-bond acceptors (Lipinski definition) is 4. The second kappa shape index (κ2) is 7.35. The van der Waals surface area contributed by atoms with Crippen molar-refractivity contribution in [3.63, 3.8) is 0 Å². The zero-order valence-electron chi connectivity index (χ0n) is 10.8. The largest absolute Gasteiger partial charge is 0.492 e. The van der Waals surface area contributed by atoms with Crippen LogP contribution in [0.25, 0.3) is 0 Å². The molecule has 0 atom stereocenters. The molecule has 0 aromatic heterocycles. The minimum absolute atomic E-state index is 0.0773. The van der Waals surface area contributed by atoms with Gasteiger partial charge in [0.05, 0.1) is 5.75 Å². The van der Waals surface area contributed by atoms with E-state index in [1.807, 2.05) is 31.2 Å². The molecule has 5 nitrogen and oxygen atoms in total. The summed E-state index contributed by atoms with van der Waals surface area (Å²) in [6.07, 6.45) is 0. The van der Waals surface area contributed by atoms with Gasteiger partial charge in [-0.3, -0.25) is 0 Å². The molecule has 0 fully saturated rings. The first-order valence-electron chi connectivity index (χ1n) is 5.85. The molecule has 6 heteroatoms. The summed E-state index contributed by atoms with van der Waals surface area (Å²) in [7, 11) is -1.48. The van der Waals surface area contributed by atoms with Gasteiger partial charge in [0.1, 0.15) is 12.4 Å². The van der Waals surface area contributed by atoms with Crippen LogP contribution in [0.1, 0.15) is 5.56 Å². The molecule has 0 radical (unpaired) electrons. The second-order valence-electron chi connectivity index (χ2n) is 3.98. The van der Waals surface area contributed by atoms with Gasteiger partial charge in [0.15, 0.2) is 0 Å². The van der Waals surface area contributed by atoms with E-state index < -0.39 is 10.0 Å². The normalized spacial score (nSPS) is 11.4. The van der Waals surface area contributed by atoms with Crippen molar-refractivity contribution in [2.45, 2.75) is 6.92 Å². The minimum Gasteiger partial charge on any atom is -0.492 e. The van der Waals surface area contributed by atoms with Crippen LogP contribution in [0.15, 0.2) is 24.3 Å². The summed E-state index contributed by atoms with van der Waals surface area (Å²) in [6.45, 7) is 3.02. The SMILES string of the molecule is CNCCS(=O)(=O)NCCOc1cccc(C)c1. The van der Waals surface area contributed by atoms with Gasteiger partial charge in [-0.15, -0.1) is 0 Å². The van der Waals surface area contributed by atoms with Gasteiger partial charge in [-0.25, -0.2) is 13.1 Å². The van der Waals surface area contributed by atoms with Gasteiger partial charge < -0.3 is 10.1 Å². The van der Waals surface area contributed by atoms with E-state index in [1.54, 1.807) is 7.05 Å². The van der Waals surface area contributed by atoms with Crippen molar-refractivity contribution in [2.75, 3.05) is 32.5 Å². The summed E-state index contributed by atoms with van der Waals surface area (Å²) < 4.78 is 30.8. The summed E-state index contributed by atoms with van der Waals surface area (Å²) in [5.41, 5.74) is 1.11. The molecule has 0 aliphatic rings. The fourth-order valence-electron chi connectivity index (χ4n) is 1.38. The predicted octanol–water partition coefficient (Wildman–Crippen LogP) is 0.513. The third-order valence-electron chi connectivity index (χ3n) is 2.30. The molecule has 102 valence electrons. The highest BCUT2D eigenvalue weighted by molar-refractivity contribution is 7.89. The number of rotatable bonds is 8. The van der Waals surface area contributed by atoms with Crippen LogP contribution >= 0.6 is 0 Å². The van der Waals surface area contributed by atoms with Gasteiger partial charge in [0.25, 0.3) is 0 Å². The van der Waals surface area contributed by atoms with Gasteiger partial charge >= 0.3 is 0 Å². The number of ether oxygens (including phenoxy) is 1. The third kappa shape index (κ3) is 6.00. The van der Waals surface area contributed by atoms with Gasteiger partial charge in [-0.05, 0) is 31.7 Å². The van der Waals surface area contributed by atoms with Crippen LogP contribution < -0.4 is 14.8 Å². The molecule has 0 heterocycles. The van der Waals surface area contributed by atoms with E-state index >= 15 is 0 Å². The maximum Gasteiger partial charge on any atom is 0.212 e. The molecule has 0 aliphatic heterocycles. The smallest absolute Gasteiger partial charge is 0.212 e. The lowest BCUT2D eigenvalue weighted by atomic mass is 10.2. The van der Waals surface area contributed by atoms with Crippen LogP contribution in [0.3, 0.4) is 0 Å². The number of hydrogen-bond donors (Lipinski definition) is 2. The van der Waals surface area contributed by atoms with E-state index in [-0.39, 0.29) is 12.3 Å². The monoisotopic (exact) mass is 272 g/mol. The van der Waals surface area contributed by atoms with Crippen LogP contribution in [0.5, 0.6) is 5.75 Å². The average molecular weight is 272 g/mol. The first kappa shape index (κ1) is 14.9. The van der Waals surface area contributed by atoms with E-state index in [4.69, 9.17) is 4.74 Å². The Morgan fingerprint density at radius 3 is 2.72 bits per heavy atom. The van der Waals surface area contributed by atoms with Gasteiger partial charge in [-0.1, -0.05) is 12.1 Å². The van der Waals surface area contributed by atoms with Crippen molar-refractivity contribution in [3.8, 4) is 5.75 Å². The summed E-state index contributed by atoms with van der Waals surface area (Å²) in [4.78, 5) is 0. The van der Waals surface area contributed by atoms with E-state index in [0.29, 0.717) is 13.2 Å². The number of aryl methyl sites for hydroxylation is 1. The lowest BCUT2D eigenvalue weighted by Gasteiger charge is -2.08. The number of benzene rings is 1. The molecular formula is C12H20N2O3S. The Bertz CT molecular complexity index is 460. The van der Waals surface area contributed by atoms with E-state index in [9.17, 15) is 8.42 Å². The third-order valence-corrected chi connectivity index (χ3v) is 3.69. The first-order chi connectivity index (χ1) is 8.53. The molecule has 1 aromatic carbocycles. The van der Waals surface area contributed by atoms with Crippen LogP contribution in [0, 0.1) is 6.92 Å². The fourth-order valence-corrected chi connectivity index (χ4v) is 2.39. The van der Waals surface area contributed by atoms with Crippen LogP contribution in [-0.4, -0.2) is 40.9 Å². The van der Waals surface area contributed by atoms with Crippen LogP contribution in [-0.2, 0) is 10.0 Å². The Morgan fingerprint density at radius 2 is 2.06 bits per heavy atom. The van der Waals surface area contributed by atoms with Crippen molar-refractivity contribution >= 4 is 10.0 Å². The van der Waals surface area contributed by atoms with Crippen molar-refractivity contribution in [3.05, 3.63) is 29.8 Å². The summed E-state index contributed by atoms with van der Waals surface area (Å²) in [6, 6.07) is 7.65. The Morgan fingerprint density at radius 1 is 1.28 bits per heavy atom. The second-order valence-corrected chi connectivity index (χ2v) is 5.91. The molecule has 0 aliphatic carbocycles. The summed E-state index contributed by atoms with van der Waals surface area (Å²) >= 11 is 0. The molecule has 0 amide bonds. The zero-order chi connectivity index (χ0) is 13.4. The van der Waals surface area contributed by atoms with Crippen molar-refractivity contribution in [1.29, 1.82) is 0 Å². The van der Waals surface area contributed by atoms with E-state index in [2.05, 4.69) is 10.0 Å². The molecule has 0 saturated heterocycles. The van der Waals surface area contributed by atoms with Gasteiger partial charge in [0, 0.05) is 13.1 Å². The molecule has 2 N–H and O–H groups in total. The molecule has 1 rings (SSSR count).